The van der Waals surface area contributed by atoms with Crippen molar-refractivity contribution < 1.29 is 13.2 Å². The lowest BCUT2D eigenvalue weighted by molar-refractivity contribution is 0.198. The number of carbonyl (C=O) groups is 1. The van der Waals surface area contributed by atoms with Crippen molar-refractivity contribution in [1.29, 1.82) is 0 Å². The van der Waals surface area contributed by atoms with Gasteiger partial charge < -0.3 is 9.80 Å². The first-order valence-electron chi connectivity index (χ1n) is 4.32. The Hall–Kier alpha value is -0.490. The molecule has 0 spiro atoms. The average Bonchev–Trinajstić information content (AvgIpc) is 2.33. The molecule has 0 aliphatic carbocycles. The molecule has 1 aliphatic rings. The average molecular weight is 241 g/mol. The molecule has 0 aromatic carbocycles. The van der Waals surface area contributed by atoms with Crippen LogP contribution in [-0.4, -0.2) is 56.7 Å². The fraction of sp³-hybridized carbons (Fsp3) is 0.857. The predicted octanol–water partition coefficient (Wildman–Crippen LogP) is 0.312. The summed E-state index contributed by atoms with van der Waals surface area (Å²) >= 11 is 0. The third kappa shape index (κ3) is 3.34. The molecule has 1 heterocycles. The smallest absolute Gasteiger partial charge is 0.319 e. The Morgan fingerprint density at radius 2 is 2.07 bits per heavy atom. The molecule has 1 saturated heterocycles. The van der Waals surface area contributed by atoms with Crippen LogP contribution < -0.4 is 0 Å². The van der Waals surface area contributed by atoms with E-state index in [-0.39, 0.29) is 11.8 Å². The Kier molecular flexibility index (Phi) is 3.60. The van der Waals surface area contributed by atoms with Crippen molar-refractivity contribution in [2.45, 2.75) is 6.42 Å². The zero-order chi connectivity index (χ0) is 10.8. The maximum Gasteiger partial charge on any atom is 0.319 e. The molecule has 14 heavy (non-hydrogen) atoms. The van der Waals surface area contributed by atoms with Gasteiger partial charge in [-0.1, -0.05) is 0 Å². The number of amides is 2. The molecule has 0 atom stereocenters. The van der Waals surface area contributed by atoms with Crippen molar-refractivity contribution in [2.24, 2.45) is 0 Å². The number of carbonyl (C=O) groups excluding carboxylic acids is 1. The molecule has 0 bridgehead atoms. The lowest BCUT2D eigenvalue weighted by atomic mass is 10.4. The summed E-state index contributed by atoms with van der Waals surface area (Å²) in [6.07, 6.45) is 0.394. The quantitative estimate of drug-likeness (QED) is 0.665. The number of hydrogen-bond donors (Lipinski definition) is 0. The van der Waals surface area contributed by atoms with Gasteiger partial charge in [-0.3, -0.25) is 0 Å². The monoisotopic (exact) mass is 240 g/mol. The minimum absolute atomic E-state index is 0.0445. The van der Waals surface area contributed by atoms with Crippen LogP contribution in [0.1, 0.15) is 6.42 Å². The third-order valence-corrected chi connectivity index (χ3v) is 3.36. The Balaban J connectivity index is 2.30. The van der Waals surface area contributed by atoms with E-state index in [2.05, 4.69) is 0 Å². The molecule has 0 aromatic rings. The zero-order valence-electron chi connectivity index (χ0n) is 7.94. The molecular formula is C7H13ClN2O3S. The van der Waals surface area contributed by atoms with Crippen LogP contribution in [0.15, 0.2) is 0 Å². The summed E-state index contributed by atoms with van der Waals surface area (Å²) in [5, 5.41) is 0. The Bertz CT molecular complexity index is 317. The van der Waals surface area contributed by atoms with E-state index in [1.165, 1.54) is 0 Å². The van der Waals surface area contributed by atoms with Crippen LogP contribution in [-0.2, 0) is 9.05 Å². The first-order valence-corrected chi connectivity index (χ1v) is 6.80. The molecule has 2 amide bonds. The van der Waals surface area contributed by atoms with E-state index in [9.17, 15) is 13.2 Å². The first kappa shape index (κ1) is 11.6. The van der Waals surface area contributed by atoms with Crippen molar-refractivity contribution in [2.75, 3.05) is 32.4 Å². The number of urea groups is 1. The second kappa shape index (κ2) is 4.35. The SMILES string of the molecule is CN1CCN(CCCS(=O)(=O)Cl)C1=O. The normalized spacial score (nSPS) is 18.0. The van der Waals surface area contributed by atoms with E-state index < -0.39 is 9.05 Å². The van der Waals surface area contributed by atoms with E-state index in [1.54, 1.807) is 16.8 Å². The van der Waals surface area contributed by atoms with Crippen LogP contribution in [0.2, 0.25) is 0 Å². The van der Waals surface area contributed by atoms with Gasteiger partial charge in [-0.25, -0.2) is 13.2 Å². The second-order valence-corrected chi connectivity index (χ2v) is 6.18. The van der Waals surface area contributed by atoms with Gasteiger partial charge in [-0.05, 0) is 6.42 Å². The van der Waals surface area contributed by atoms with Gasteiger partial charge in [0.15, 0.2) is 0 Å². The van der Waals surface area contributed by atoms with Gasteiger partial charge >= 0.3 is 6.03 Å². The molecule has 1 rings (SSSR count). The zero-order valence-corrected chi connectivity index (χ0v) is 9.51. The summed E-state index contributed by atoms with van der Waals surface area (Å²) in [5.41, 5.74) is 0. The Labute approximate surface area is 88.0 Å². The van der Waals surface area contributed by atoms with Crippen molar-refractivity contribution >= 4 is 25.8 Å². The number of likely N-dealkylation sites (N-methyl/N-ethyl adjacent to an activating group) is 1. The lowest BCUT2D eigenvalue weighted by Crippen LogP contribution is -2.30. The Morgan fingerprint density at radius 3 is 2.50 bits per heavy atom. The van der Waals surface area contributed by atoms with E-state index in [4.69, 9.17) is 10.7 Å². The standard InChI is InChI=1S/C7H13ClN2O3S/c1-9-4-5-10(7(9)11)3-2-6-14(8,12)13/h2-6H2,1H3. The molecule has 5 nitrogen and oxygen atoms in total. The van der Waals surface area contributed by atoms with Crippen LogP contribution in [0.3, 0.4) is 0 Å². The van der Waals surface area contributed by atoms with Gasteiger partial charge in [0, 0.05) is 37.4 Å². The molecule has 0 N–H and O–H groups in total. The molecule has 1 aliphatic heterocycles. The molecule has 0 radical (unpaired) electrons. The highest BCUT2D eigenvalue weighted by molar-refractivity contribution is 8.13. The second-order valence-electron chi connectivity index (χ2n) is 3.29. The van der Waals surface area contributed by atoms with Gasteiger partial charge in [0.05, 0.1) is 5.75 Å². The van der Waals surface area contributed by atoms with Crippen molar-refractivity contribution in [1.82, 2.24) is 9.80 Å². The Morgan fingerprint density at radius 1 is 1.43 bits per heavy atom. The highest BCUT2D eigenvalue weighted by Gasteiger charge is 2.24. The minimum Gasteiger partial charge on any atom is -0.326 e. The van der Waals surface area contributed by atoms with Crippen molar-refractivity contribution in [3.8, 4) is 0 Å². The van der Waals surface area contributed by atoms with E-state index in [0.717, 1.165) is 0 Å². The summed E-state index contributed by atoms with van der Waals surface area (Å²) in [4.78, 5) is 14.6. The van der Waals surface area contributed by atoms with Gasteiger partial charge in [0.25, 0.3) is 0 Å². The highest BCUT2D eigenvalue weighted by Crippen LogP contribution is 2.07. The molecule has 0 unspecified atom stereocenters. The number of rotatable bonds is 4. The van der Waals surface area contributed by atoms with Crippen LogP contribution in [0.4, 0.5) is 4.79 Å². The summed E-state index contributed by atoms with van der Waals surface area (Å²) in [7, 11) is 3.34. The van der Waals surface area contributed by atoms with E-state index in [1.807, 2.05) is 0 Å². The third-order valence-electron chi connectivity index (χ3n) is 2.12. The maximum absolute atomic E-state index is 11.3. The number of nitrogens with zero attached hydrogens (tertiary/aromatic N) is 2. The summed E-state index contributed by atoms with van der Waals surface area (Å²) < 4.78 is 21.2. The van der Waals surface area contributed by atoms with Crippen molar-refractivity contribution in [3.63, 3.8) is 0 Å². The van der Waals surface area contributed by atoms with Gasteiger partial charge in [0.1, 0.15) is 0 Å². The van der Waals surface area contributed by atoms with Crippen LogP contribution in [0.5, 0.6) is 0 Å². The van der Waals surface area contributed by atoms with E-state index in [0.29, 0.717) is 26.1 Å². The number of halogens is 1. The molecule has 7 heteroatoms. The molecule has 0 saturated carbocycles. The fourth-order valence-electron chi connectivity index (χ4n) is 1.34. The largest absolute Gasteiger partial charge is 0.326 e. The van der Waals surface area contributed by atoms with Crippen molar-refractivity contribution in [3.05, 3.63) is 0 Å². The fourth-order valence-corrected chi connectivity index (χ4v) is 2.14. The predicted molar refractivity (Wildman–Crippen MR) is 53.9 cm³/mol. The minimum atomic E-state index is -3.43. The van der Waals surface area contributed by atoms with Crippen LogP contribution in [0, 0.1) is 0 Å². The van der Waals surface area contributed by atoms with E-state index >= 15 is 0 Å². The molecule has 0 aromatic heterocycles. The highest BCUT2D eigenvalue weighted by atomic mass is 35.7. The molecule has 1 fully saturated rings. The number of hydrogen-bond acceptors (Lipinski definition) is 3. The van der Waals surface area contributed by atoms with Gasteiger partial charge in [0.2, 0.25) is 9.05 Å². The lowest BCUT2D eigenvalue weighted by Gasteiger charge is -2.14. The topological polar surface area (TPSA) is 57.7 Å². The summed E-state index contributed by atoms with van der Waals surface area (Å²) in [5.74, 6) is -0.0813. The molecular weight excluding hydrogens is 228 g/mol. The van der Waals surface area contributed by atoms with Crippen LogP contribution >= 0.6 is 10.7 Å². The summed E-state index contributed by atoms with van der Waals surface area (Å²) in [6.45, 7) is 1.82. The van der Waals surface area contributed by atoms with Gasteiger partial charge in [-0.15, -0.1) is 0 Å². The van der Waals surface area contributed by atoms with Crippen LogP contribution in [0.25, 0.3) is 0 Å². The van der Waals surface area contributed by atoms with Gasteiger partial charge in [-0.2, -0.15) is 0 Å². The molecule has 82 valence electrons. The first-order chi connectivity index (χ1) is 6.40. The summed E-state index contributed by atoms with van der Waals surface area (Å²) in [6, 6.07) is -0.0445. The maximum atomic E-state index is 11.3.